The lowest BCUT2D eigenvalue weighted by Crippen LogP contribution is -2.23. The Bertz CT molecular complexity index is 947. The quantitative estimate of drug-likeness (QED) is 0.761. The number of benzene rings is 2. The molecule has 3 rings (SSSR count). The number of fused-ring (bicyclic) bond motifs is 1. The monoisotopic (exact) mass is 342 g/mol. The van der Waals surface area contributed by atoms with Gasteiger partial charge in [-0.2, -0.15) is 0 Å². The number of carbonyl (C=O) groups is 2. The molecule has 0 aliphatic heterocycles. The van der Waals surface area contributed by atoms with E-state index >= 15 is 0 Å². The summed E-state index contributed by atoms with van der Waals surface area (Å²) in [4.78, 5) is 23.6. The second-order valence-corrected chi connectivity index (χ2v) is 5.83. The van der Waals surface area contributed by atoms with Gasteiger partial charge in [0.05, 0.1) is 5.02 Å². The highest BCUT2D eigenvalue weighted by atomic mass is 35.5. The molecule has 24 heavy (non-hydrogen) atoms. The van der Waals surface area contributed by atoms with E-state index < -0.39 is 5.91 Å². The standard InChI is InChI=1S/C18H15ClN2O3/c1-10-13-6-3-7-14(19)16(13)24-15(10)18(23)21-9-11-4-2-5-12(8-11)17(20)22/h2-8H,9H2,1H3,(H2,20,22)(H,21,23). The van der Waals surface area contributed by atoms with Crippen molar-refractivity contribution in [3.63, 3.8) is 0 Å². The molecule has 0 radical (unpaired) electrons. The van der Waals surface area contributed by atoms with E-state index in [1.54, 1.807) is 30.3 Å². The number of furan rings is 1. The fraction of sp³-hybridized carbons (Fsp3) is 0.111. The summed E-state index contributed by atoms with van der Waals surface area (Å²) in [5, 5.41) is 4.05. The number of amides is 2. The van der Waals surface area contributed by atoms with Crippen molar-refractivity contribution in [1.29, 1.82) is 0 Å². The summed E-state index contributed by atoms with van der Waals surface area (Å²) in [6, 6.07) is 12.2. The highest BCUT2D eigenvalue weighted by Crippen LogP contribution is 2.30. The maximum Gasteiger partial charge on any atom is 0.287 e. The summed E-state index contributed by atoms with van der Waals surface area (Å²) < 4.78 is 5.62. The van der Waals surface area contributed by atoms with Crippen molar-refractivity contribution in [2.45, 2.75) is 13.5 Å². The summed E-state index contributed by atoms with van der Waals surface area (Å²) in [6.07, 6.45) is 0. The minimum Gasteiger partial charge on any atom is -0.449 e. The normalized spacial score (nSPS) is 10.8. The summed E-state index contributed by atoms with van der Waals surface area (Å²) >= 11 is 6.10. The maximum absolute atomic E-state index is 12.4. The van der Waals surface area contributed by atoms with Gasteiger partial charge >= 0.3 is 0 Å². The Morgan fingerprint density at radius 3 is 2.67 bits per heavy atom. The first-order valence-electron chi connectivity index (χ1n) is 7.32. The third-order valence-electron chi connectivity index (χ3n) is 3.79. The van der Waals surface area contributed by atoms with Gasteiger partial charge in [0.2, 0.25) is 5.91 Å². The van der Waals surface area contributed by atoms with Gasteiger partial charge in [0, 0.05) is 23.1 Å². The molecule has 2 amide bonds. The molecule has 0 spiro atoms. The van der Waals surface area contributed by atoms with Crippen LogP contribution in [0.2, 0.25) is 5.02 Å². The SMILES string of the molecule is Cc1c(C(=O)NCc2cccc(C(N)=O)c2)oc2c(Cl)cccc12. The number of aryl methyl sites for hydroxylation is 1. The average molecular weight is 343 g/mol. The highest BCUT2D eigenvalue weighted by molar-refractivity contribution is 6.35. The van der Waals surface area contributed by atoms with Gasteiger partial charge < -0.3 is 15.5 Å². The smallest absolute Gasteiger partial charge is 0.287 e. The van der Waals surface area contributed by atoms with Gasteiger partial charge in [-0.25, -0.2) is 0 Å². The van der Waals surface area contributed by atoms with Crippen molar-refractivity contribution in [3.8, 4) is 0 Å². The Hall–Kier alpha value is -2.79. The van der Waals surface area contributed by atoms with Crippen LogP contribution in [0.5, 0.6) is 0 Å². The Labute approximate surface area is 143 Å². The summed E-state index contributed by atoms with van der Waals surface area (Å²) in [5.74, 6) is -0.626. The van der Waals surface area contributed by atoms with E-state index in [1.807, 2.05) is 19.1 Å². The average Bonchev–Trinajstić information content (AvgIpc) is 2.91. The lowest BCUT2D eigenvalue weighted by molar-refractivity contribution is 0.0924. The molecule has 0 saturated heterocycles. The first-order valence-corrected chi connectivity index (χ1v) is 7.69. The Morgan fingerprint density at radius 2 is 1.96 bits per heavy atom. The largest absolute Gasteiger partial charge is 0.449 e. The van der Waals surface area contributed by atoms with Gasteiger partial charge in [-0.1, -0.05) is 35.9 Å². The van der Waals surface area contributed by atoms with E-state index in [1.165, 1.54) is 0 Å². The molecule has 122 valence electrons. The Balaban J connectivity index is 1.81. The van der Waals surface area contributed by atoms with Crippen LogP contribution < -0.4 is 11.1 Å². The van der Waals surface area contributed by atoms with Gasteiger partial charge in [-0.15, -0.1) is 0 Å². The fourth-order valence-corrected chi connectivity index (χ4v) is 2.74. The molecular formula is C18H15ClN2O3. The number of halogens is 1. The van der Waals surface area contributed by atoms with E-state index in [0.29, 0.717) is 16.2 Å². The fourth-order valence-electron chi connectivity index (χ4n) is 2.52. The number of carbonyl (C=O) groups excluding carboxylic acids is 2. The number of hydrogen-bond donors (Lipinski definition) is 2. The number of nitrogens with two attached hydrogens (primary N) is 1. The zero-order valence-electron chi connectivity index (χ0n) is 12.9. The van der Waals surface area contributed by atoms with Crippen LogP contribution in [0.4, 0.5) is 0 Å². The molecule has 1 aromatic heterocycles. The van der Waals surface area contributed by atoms with Crippen LogP contribution >= 0.6 is 11.6 Å². The van der Waals surface area contributed by atoms with Crippen LogP contribution in [0.25, 0.3) is 11.0 Å². The summed E-state index contributed by atoms with van der Waals surface area (Å²) in [7, 11) is 0. The van der Waals surface area contributed by atoms with Crippen LogP contribution in [0.3, 0.4) is 0 Å². The minimum atomic E-state index is -0.508. The van der Waals surface area contributed by atoms with Crippen molar-refractivity contribution in [1.82, 2.24) is 5.32 Å². The summed E-state index contributed by atoms with van der Waals surface area (Å²) in [6.45, 7) is 2.06. The molecule has 0 unspecified atom stereocenters. The molecular weight excluding hydrogens is 328 g/mol. The number of nitrogens with one attached hydrogen (secondary N) is 1. The topological polar surface area (TPSA) is 85.3 Å². The molecule has 3 aromatic rings. The first-order chi connectivity index (χ1) is 11.5. The molecule has 0 bridgehead atoms. The second kappa shape index (κ2) is 6.37. The lowest BCUT2D eigenvalue weighted by Gasteiger charge is -2.05. The van der Waals surface area contributed by atoms with E-state index in [0.717, 1.165) is 16.5 Å². The van der Waals surface area contributed by atoms with Crippen LogP contribution in [0.1, 0.15) is 32.0 Å². The molecule has 0 aliphatic carbocycles. The Kier molecular flexibility index (Phi) is 4.27. The zero-order valence-corrected chi connectivity index (χ0v) is 13.7. The number of primary amides is 1. The number of hydrogen-bond acceptors (Lipinski definition) is 3. The van der Waals surface area contributed by atoms with Crippen molar-refractivity contribution < 1.29 is 14.0 Å². The van der Waals surface area contributed by atoms with E-state index in [2.05, 4.69) is 5.32 Å². The van der Waals surface area contributed by atoms with Crippen molar-refractivity contribution in [3.05, 3.63) is 69.9 Å². The summed E-state index contributed by atoms with van der Waals surface area (Å²) in [5.41, 5.74) is 7.65. The van der Waals surface area contributed by atoms with Gasteiger partial charge in [-0.05, 0) is 30.7 Å². The third kappa shape index (κ3) is 2.98. The van der Waals surface area contributed by atoms with Gasteiger partial charge in [-0.3, -0.25) is 9.59 Å². The van der Waals surface area contributed by atoms with Gasteiger partial charge in [0.1, 0.15) is 0 Å². The second-order valence-electron chi connectivity index (χ2n) is 5.42. The number of rotatable bonds is 4. The lowest BCUT2D eigenvalue weighted by atomic mass is 10.1. The molecule has 5 nitrogen and oxygen atoms in total. The first kappa shape index (κ1) is 16.1. The molecule has 0 aliphatic rings. The molecule has 3 N–H and O–H groups in total. The minimum absolute atomic E-state index is 0.226. The van der Waals surface area contributed by atoms with Crippen LogP contribution in [0.15, 0.2) is 46.9 Å². The Morgan fingerprint density at radius 1 is 1.21 bits per heavy atom. The predicted molar refractivity (Wildman–Crippen MR) is 92.1 cm³/mol. The number of para-hydroxylation sites is 1. The van der Waals surface area contributed by atoms with E-state index in [4.69, 9.17) is 21.8 Å². The molecule has 0 atom stereocenters. The highest BCUT2D eigenvalue weighted by Gasteiger charge is 2.18. The maximum atomic E-state index is 12.4. The molecule has 0 fully saturated rings. The molecule has 0 saturated carbocycles. The van der Waals surface area contributed by atoms with Gasteiger partial charge in [0.25, 0.3) is 5.91 Å². The van der Waals surface area contributed by atoms with Crippen molar-refractivity contribution in [2.24, 2.45) is 5.73 Å². The van der Waals surface area contributed by atoms with Crippen LogP contribution in [-0.2, 0) is 6.54 Å². The van der Waals surface area contributed by atoms with Crippen LogP contribution in [0, 0.1) is 6.92 Å². The molecule has 2 aromatic carbocycles. The predicted octanol–water partition coefficient (Wildman–Crippen LogP) is 3.42. The van der Waals surface area contributed by atoms with Crippen molar-refractivity contribution in [2.75, 3.05) is 0 Å². The van der Waals surface area contributed by atoms with Crippen LogP contribution in [-0.4, -0.2) is 11.8 Å². The third-order valence-corrected chi connectivity index (χ3v) is 4.08. The van der Waals surface area contributed by atoms with Crippen molar-refractivity contribution >= 4 is 34.4 Å². The van der Waals surface area contributed by atoms with E-state index in [9.17, 15) is 9.59 Å². The van der Waals surface area contributed by atoms with E-state index in [-0.39, 0.29) is 18.2 Å². The van der Waals surface area contributed by atoms with Gasteiger partial charge in [0.15, 0.2) is 11.3 Å². The molecule has 1 heterocycles. The zero-order chi connectivity index (χ0) is 17.3. The molecule has 6 heteroatoms.